The number of rotatable bonds is 4. The third kappa shape index (κ3) is 2.81. The van der Waals surface area contributed by atoms with E-state index >= 15 is 0 Å². The van der Waals surface area contributed by atoms with Crippen molar-refractivity contribution in [1.29, 1.82) is 0 Å². The summed E-state index contributed by atoms with van der Waals surface area (Å²) >= 11 is 0. The Kier molecular flexibility index (Phi) is 4.25. The molecule has 4 heteroatoms. The number of amides is 1. The molecule has 1 aromatic carbocycles. The first-order valence-electron chi connectivity index (χ1n) is 9.48. The molecule has 2 heterocycles. The first kappa shape index (κ1) is 15.9. The zero-order chi connectivity index (χ0) is 16.6. The SMILES string of the molecule is CCOc1cc2c(cc1CN1CC[C@@]3(CCCNC3=O)C1)CCC2. The summed E-state index contributed by atoms with van der Waals surface area (Å²) in [6.45, 7) is 6.40. The van der Waals surface area contributed by atoms with Crippen LogP contribution in [0.15, 0.2) is 12.1 Å². The van der Waals surface area contributed by atoms with Crippen molar-refractivity contribution < 1.29 is 9.53 Å². The molecule has 1 aromatic rings. The maximum Gasteiger partial charge on any atom is 0.227 e. The molecule has 0 radical (unpaired) electrons. The molecule has 24 heavy (non-hydrogen) atoms. The van der Waals surface area contributed by atoms with Gasteiger partial charge < -0.3 is 10.1 Å². The largest absolute Gasteiger partial charge is 0.494 e. The lowest BCUT2D eigenvalue weighted by Crippen LogP contribution is -2.47. The number of carbonyl (C=O) groups excluding carboxylic acids is 1. The van der Waals surface area contributed by atoms with Crippen LogP contribution in [0.4, 0.5) is 0 Å². The monoisotopic (exact) mass is 328 g/mol. The maximum atomic E-state index is 12.4. The number of benzene rings is 1. The van der Waals surface area contributed by atoms with Gasteiger partial charge in [-0.15, -0.1) is 0 Å². The number of hydrogen-bond acceptors (Lipinski definition) is 3. The molecule has 0 aromatic heterocycles. The number of nitrogens with one attached hydrogen (secondary N) is 1. The number of aryl methyl sites for hydroxylation is 2. The van der Waals surface area contributed by atoms with E-state index in [4.69, 9.17) is 4.74 Å². The van der Waals surface area contributed by atoms with Crippen molar-refractivity contribution in [3.05, 3.63) is 28.8 Å². The summed E-state index contributed by atoms with van der Waals surface area (Å²) in [5.74, 6) is 1.32. The summed E-state index contributed by atoms with van der Waals surface area (Å²) in [5.41, 5.74) is 4.12. The number of nitrogens with zero attached hydrogens (tertiary/aromatic N) is 1. The van der Waals surface area contributed by atoms with Crippen LogP contribution in [-0.2, 0) is 24.2 Å². The van der Waals surface area contributed by atoms with Crippen LogP contribution in [0.3, 0.4) is 0 Å². The minimum atomic E-state index is -0.138. The highest BCUT2D eigenvalue weighted by molar-refractivity contribution is 5.84. The molecule has 0 saturated carbocycles. The van der Waals surface area contributed by atoms with Gasteiger partial charge in [0.15, 0.2) is 0 Å². The van der Waals surface area contributed by atoms with Crippen LogP contribution in [0, 0.1) is 5.41 Å². The third-order valence-electron chi connectivity index (χ3n) is 6.00. The van der Waals surface area contributed by atoms with Crippen molar-refractivity contribution in [2.75, 3.05) is 26.2 Å². The van der Waals surface area contributed by atoms with Gasteiger partial charge in [-0.3, -0.25) is 9.69 Å². The average Bonchev–Trinajstić information content (AvgIpc) is 3.19. The third-order valence-corrected chi connectivity index (χ3v) is 6.00. The van der Waals surface area contributed by atoms with Gasteiger partial charge in [-0.1, -0.05) is 6.07 Å². The summed E-state index contributed by atoms with van der Waals surface area (Å²) in [6.07, 6.45) is 6.79. The molecule has 1 N–H and O–H groups in total. The van der Waals surface area contributed by atoms with Gasteiger partial charge in [0.25, 0.3) is 0 Å². The second kappa shape index (κ2) is 6.40. The zero-order valence-corrected chi connectivity index (χ0v) is 14.7. The number of ether oxygens (including phenoxy) is 1. The molecular formula is C20H28N2O2. The van der Waals surface area contributed by atoms with E-state index < -0.39 is 0 Å². The summed E-state index contributed by atoms with van der Waals surface area (Å²) in [5, 5.41) is 3.07. The molecule has 1 spiro atoms. The predicted molar refractivity (Wildman–Crippen MR) is 94.2 cm³/mol. The zero-order valence-electron chi connectivity index (χ0n) is 14.7. The molecule has 0 bridgehead atoms. The van der Waals surface area contributed by atoms with Crippen LogP contribution in [0.1, 0.15) is 49.3 Å². The van der Waals surface area contributed by atoms with Gasteiger partial charge in [-0.05, 0) is 69.2 Å². The minimum Gasteiger partial charge on any atom is -0.494 e. The summed E-state index contributed by atoms with van der Waals surface area (Å²) < 4.78 is 5.92. The van der Waals surface area contributed by atoms with E-state index in [1.165, 1.54) is 36.0 Å². The van der Waals surface area contributed by atoms with Crippen molar-refractivity contribution in [2.45, 2.75) is 52.0 Å². The van der Waals surface area contributed by atoms with Crippen LogP contribution in [-0.4, -0.2) is 37.0 Å². The molecular weight excluding hydrogens is 300 g/mol. The van der Waals surface area contributed by atoms with Gasteiger partial charge in [0, 0.05) is 25.2 Å². The Bertz CT molecular complexity index is 643. The fraction of sp³-hybridized carbons (Fsp3) is 0.650. The van der Waals surface area contributed by atoms with E-state index in [9.17, 15) is 4.79 Å². The second-order valence-electron chi connectivity index (χ2n) is 7.62. The molecule has 130 valence electrons. The van der Waals surface area contributed by atoms with E-state index in [1.54, 1.807) is 0 Å². The van der Waals surface area contributed by atoms with E-state index in [1.807, 2.05) is 6.92 Å². The number of carbonyl (C=O) groups is 1. The highest BCUT2D eigenvalue weighted by atomic mass is 16.5. The first-order chi connectivity index (χ1) is 11.7. The normalized spacial score (nSPS) is 26.6. The van der Waals surface area contributed by atoms with Gasteiger partial charge in [-0.2, -0.15) is 0 Å². The van der Waals surface area contributed by atoms with Crippen molar-refractivity contribution in [3.63, 3.8) is 0 Å². The van der Waals surface area contributed by atoms with Crippen LogP contribution in [0.5, 0.6) is 5.75 Å². The van der Waals surface area contributed by atoms with E-state index in [2.05, 4.69) is 22.3 Å². The average molecular weight is 328 g/mol. The Morgan fingerprint density at radius 1 is 1.21 bits per heavy atom. The Labute approximate surface area is 144 Å². The molecule has 2 saturated heterocycles. The van der Waals surface area contributed by atoms with Gasteiger partial charge in [-0.25, -0.2) is 0 Å². The Morgan fingerprint density at radius 3 is 2.83 bits per heavy atom. The van der Waals surface area contributed by atoms with E-state index in [-0.39, 0.29) is 11.3 Å². The van der Waals surface area contributed by atoms with Crippen LogP contribution in [0.25, 0.3) is 0 Å². The van der Waals surface area contributed by atoms with Crippen LogP contribution >= 0.6 is 0 Å². The summed E-state index contributed by atoms with van der Waals surface area (Å²) in [6, 6.07) is 4.62. The highest BCUT2D eigenvalue weighted by Crippen LogP contribution is 2.39. The van der Waals surface area contributed by atoms with Crippen molar-refractivity contribution in [2.24, 2.45) is 5.41 Å². The number of hydrogen-bond donors (Lipinski definition) is 1. The number of fused-ring (bicyclic) bond motifs is 1. The number of piperidine rings is 1. The maximum absolute atomic E-state index is 12.4. The van der Waals surface area contributed by atoms with Crippen molar-refractivity contribution in [1.82, 2.24) is 10.2 Å². The van der Waals surface area contributed by atoms with Gasteiger partial charge in [0.05, 0.1) is 12.0 Å². The van der Waals surface area contributed by atoms with Gasteiger partial charge >= 0.3 is 0 Å². The lowest BCUT2D eigenvalue weighted by atomic mass is 9.79. The minimum absolute atomic E-state index is 0.138. The molecule has 3 aliphatic rings. The lowest BCUT2D eigenvalue weighted by molar-refractivity contribution is -0.132. The molecule has 1 amide bonds. The lowest BCUT2D eigenvalue weighted by Gasteiger charge is -2.32. The standard InChI is InChI=1S/C20H28N2O2/c1-2-24-18-12-16-6-3-5-15(16)11-17(18)13-22-10-8-20(14-22)7-4-9-21-19(20)23/h11-12H,2-10,13-14H2,1H3,(H,21,23)/t20-/m0/s1. The number of likely N-dealkylation sites (tertiary alicyclic amines) is 1. The first-order valence-corrected chi connectivity index (χ1v) is 9.48. The quantitative estimate of drug-likeness (QED) is 0.924. The highest BCUT2D eigenvalue weighted by Gasteiger charge is 2.45. The second-order valence-corrected chi connectivity index (χ2v) is 7.62. The molecule has 1 aliphatic carbocycles. The fourth-order valence-corrected chi connectivity index (χ4v) is 4.72. The van der Waals surface area contributed by atoms with E-state index in [0.29, 0.717) is 6.61 Å². The summed E-state index contributed by atoms with van der Waals surface area (Å²) in [7, 11) is 0. The molecule has 1 atom stereocenters. The van der Waals surface area contributed by atoms with Crippen molar-refractivity contribution >= 4 is 5.91 Å². The predicted octanol–water partition coefficient (Wildman–Crippen LogP) is 2.68. The Balaban J connectivity index is 1.52. The summed E-state index contributed by atoms with van der Waals surface area (Å²) in [4.78, 5) is 14.8. The molecule has 0 unspecified atom stereocenters. The van der Waals surface area contributed by atoms with Gasteiger partial charge in [0.2, 0.25) is 5.91 Å². The Hall–Kier alpha value is -1.55. The topological polar surface area (TPSA) is 41.6 Å². The fourth-order valence-electron chi connectivity index (χ4n) is 4.72. The van der Waals surface area contributed by atoms with Crippen molar-refractivity contribution in [3.8, 4) is 5.75 Å². The molecule has 4 nitrogen and oxygen atoms in total. The smallest absolute Gasteiger partial charge is 0.227 e. The molecule has 2 aliphatic heterocycles. The van der Waals surface area contributed by atoms with Gasteiger partial charge in [0.1, 0.15) is 5.75 Å². The van der Waals surface area contributed by atoms with Crippen LogP contribution < -0.4 is 10.1 Å². The molecule has 2 fully saturated rings. The van der Waals surface area contributed by atoms with E-state index in [0.717, 1.165) is 51.2 Å². The Morgan fingerprint density at radius 2 is 2.04 bits per heavy atom. The molecule has 4 rings (SSSR count). The van der Waals surface area contributed by atoms with Crippen LogP contribution in [0.2, 0.25) is 0 Å².